The lowest BCUT2D eigenvalue weighted by atomic mass is 10.1. The van der Waals surface area contributed by atoms with Gasteiger partial charge in [-0.1, -0.05) is 30.3 Å². The summed E-state index contributed by atoms with van der Waals surface area (Å²) in [6.07, 6.45) is 2.34. The summed E-state index contributed by atoms with van der Waals surface area (Å²) in [6, 6.07) is 10.1. The second-order valence-corrected chi connectivity index (χ2v) is 5.24. The third-order valence-corrected chi connectivity index (χ3v) is 4.00. The number of amides is 1. The van der Waals surface area contributed by atoms with Gasteiger partial charge in [0.2, 0.25) is 0 Å². The van der Waals surface area contributed by atoms with Crippen LogP contribution in [0.2, 0.25) is 0 Å². The van der Waals surface area contributed by atoms with Crippen molar-refractivity contribution in [3.8, 4) is 10.4 Å². The Labute approximate surface area is 103 Å². The first kappa shape index (κ1) is 10.5. The summed E-state index contributed by atoms with van der Waals surface area (Å²) in [7, 11) is 0. The number of nitrogens with two attached hydrogens (primary N) is 1. The van der Waals surface area contributed by atoms with Gasteiger partial charge in [-0.15, -0.1) is 11.3 Å². The molecule has 0 aliphatic heterocycles. The van der Waals surface area contributed by atoms with E-state index in [1.54, 1.807) is 0 Å². The first-order chi connectivity index (χ1) is 8.25. The van der Waals surface area contributed by atoms with Gasteiger partial charge in [0.05, 0.1) is 10.6 Å². The molecule has 4 heteroatoms. The molecule has 2 aromatic rings. The standard InChI is InChI=1S/C13H12N2OS/c14-12(16)13-15-10(8-6-7-8)11(17-13)9-4-2-1-3-5-9/h1-5,8H,6-7H2,(H2,14,16). The van der Waals surface area contributed by atoms with E-state index in [2.05, 4.69) is 4.98 Å². The molecule has 1 amide bonds. The van der Waals surface area contributed by atoms with Crippen molar-refractivity contribution in [2.75, 3.05) is 0 Å². The SMILES string of the molecule is NC(=O)c1nc(C2CC2)c(-c2ccccc2)s1. The van der Waals surface area contributed by atoms with Crippen LogP contribution in [0.5, 0.6) is 0 Å². The van der Waals surface area contributed by atoms with E-state index >= 15 is 0 Å². The van der Waals surface area contributed by atoms with Crippen LogP contribution in [0.1, 0.15) is 34.3 Å². The highest BCUT2D eigenvalue weighted by Crippen LogP contribution is 2.45. The number of carbonyl (C=O) groups is 1. The van der Waals surface area contributed by atoms with Crippen molar-refractivity contribution in [1.29, 1.82) is 0 Å². The summed E-state index contributed by atoms with van der Waals surface area (Å²) >= 11 is 1.40. The second-order valence-electron chi connectivity index (χ2n) is 4.24. The van der Waals surface area contributed by atoms with Crippen molar-refractivity contribution in [2.24, 2.45) is 5.73 Å². The van der Waals surface area contributed by atoms with Gasteiger partial charge in [-0.25, -0.2) is 4.98 Å². The number of benzene rings is 1. The minimum atomic E-state index is -0.431. The normalized spacial score (nSPS) is 14.8. The molecule has 1 heterocycles. The van der Waals surface area contributed by atoms with E-state index < -0.39 is 5.91 Å². The van der Waals surface area contributed by atoms with Gasteiger partial charge in [0, 0.05) is 5.92 Å². The number of rotatable bonds is 3. The van der Waals surface area contributed by atoms with E-state index in [0.717, 1.165) is 16.1 Å². The maximum absolute atomic E-state index is 11.2. The molecule has 86 valence electrons. The fourth-order valence-corrected chi connectivity index (χ4v) is 2.88. The van der Waals surface area contributed by atoms with Crippen LogP contribution in [0.25, 0.3) is 10.4 Å². The van der Waals surface area contributed by atoms with E-state index in [1.165, 1.54) is 24.2 Å². The molecule has 0 spiro atoms. The minimum absolute atomic E-state index is 0.422. The molecule has 17 heavy (non-hydrogen) atoms. The van der Waals surface area contributed by atoms with Crippen molar-refractivity contribution in [1.82, 2.24) is 4.98 Å². The Hall–Kier alpha value is -1.68. The third-order valence-electron chi connectivity index (χ3n) is 2.86. The monoisotopic (exact) mass is 244 g/mol. The van der Waals surface area contributed by atoms with Gasteiger partial charge in [-0.2, -0.15) is 0 Å². The first-order valence-corrected chi connectivity index (χ1v) is 6.43. The molecule has 1 fully saturated rings. The number of carbonyl (C=O) groups excluding carboxylic acids is 1. The minimum Gasteiger partial charge on any atom is -0.364 e. The van der Waals surface area contributed by atoms with Crippen LogP contribution in [-0.4, -0.2) is 10.9 Å². The number of aromatic nitrogens is 1. The molecule has 1 saturated carbocycles. The predicted octanol–water partition coefficient (Wildman–Crippen LogP) is 2.79. The fourth-order valence-electron chi connectivity index (χ4n) is 1.87. The number of primary amides is 1. The van der Waals surface area contributed by atoms with E-state index in [9.17, 15) is 4.79 Å². The summed E-state index contributed by atoms with van der Waals surface area (Å²) in [4.78, 5) is 16.7. The van der Waals surface area contributed by atoms with Crippen molar-refractivity contribution in [3.63, 3.8) is 0 Å². The maximum atomic E-state index is 11.2. The molecule has 1 aromatic carbocycles. The van der Waals surface area contributed by atoms with Crippen LogP contribution < -0.4 is 5.73 Å². The molecule has 0 unspecified atom stereocenters. The zero-order valence-electron chi connectivity index (χ0n) is 9.22. The van der Waals surface area contributed by atoms with Gasteiger partial charge in [0.1, 0.15) is 0 Å². The van der Waals surface area contributed by atoms with Crippen molar-refractivity contribution < 1.29 is 4.79 Å². The van der Waals surface area contributed by atoms with Gasteiger partial charge in [0.25, 0.3) is 5.91 Å². The Morgan fingerprint density at radius 3 is 2.59 bits per heavy atom. The van der Waals surface area contributed by atoms with Crippen LogP contribution in [0.3, 0.4) is 0 Å². The quantitative estimate of drug-likeness (QED) is 0.902. The predicted molar refractivity (Wildman–Crippen MR) is 68.0 cm³/mol. The average molecular weight is 244 g/mol. The second kappa shape index (κ2) is 3.96. The van der Waals surface area contributed by atoms with Gasteiger partial charge >= 0.3 is 0 Å². The molecule has 3 nitrogen and oxygen atoms in total. The number of hydrogen-bond donors (Lipinski definition) is 1. The van der Waals surface area contributed by atoms with Crippen molar-refractivity contribution in [2.45, 2.75) is 18.8 Å². The molecule has 0 atom stereocenters. The molecular weight excluding hydrogens is 232 g/mol. The Morgan fingerprint density at radius 1 is 1.29 bits per heavy atom. The summed E-state index contributed by atoms with van der Waals surface area (Å²) in [6.45, 7) is 0. The maximum Gasteiger partial charge on any atom is 0.277 e. The van der Waals surface area contributed by atoms with Crippen LogP contribution in [0.15, 0.2) is 30.3 Å². The molecule has 0 saturated heterocycles. The van der Waals surface area contributed by atoms with Crippen LogP contribution in [0, 0.1) is 0 Å². The van der Waals surface area contributed by atoms with Gasteiger partial charge in [0.15, 0.2) is 5.01 Å². The highest BCUT2D eigenvalue weighted by Gasteiger charge is 2.30. The molecule has 1 aliphatic carbocycles. The van der Waals surface area contributed by atoms with Gasteiger partial charge in [-0.05, 0) is 18.4 Å². The van der Waals surface area contributed by atoms with Crippen LogP contribution >= 0.6 is 11.3 Å². The lowest BCUT2D eigenvalue weighted by Crippen LogP contribution is -2.10. The van der Waals surface area contributed by atoms with E-state index in [0.29, 0.717) is 10.9 Å². The molecule has 0 bridgehead atoms. The molecule has 0 radical (unpaired) electrons. The zero-order chi connectivity index (χ0) is 11.8. The van der Waals surface area contributed by atoms with Crippen molar-refractivity contribution >= 4 is 17.2 Å². The number of nitrogens with zero attached hydrogens (tertiary/aromatic N) is 1. The molecule has 1 aliphatic rings. The fraction of sp³-hybridized carbons (Fsp3) is 0.231. The largest absolute Gasteiger partial charge is 0.364 e. The number of hydrogen-bond acceptors (Lipinski definition) is 3. The molecule has 2 N–H and O–H groups in total. The van der Waals surface area contributed by atoms with Crippen molar-refractivity contribution in [3.05, 3.63) is 41.0 Å². The average Bonchev–Trinajstić information content (AvgIpc) is 3.09. The summed E-state index contributed by atoms with van der Waals surface area (Å²) in [5.41, 5.74) is 7.48. The first-order valence-electron chi connectivity index (χ1n) is 5.61. The highest BCUT2D eigenvalue weighted by atomic mass is 32.1. The van der Waals surface area contributed by atoms with Gasteiger partial charge < -0.3 is 5.73 Å². The smallest absolute Gasteiger partial charge is 0.277 e. The molecule has 3 rings (SSSR count). The van der Waals surface area contributed by atoms with E-state index in [1.807, 2.05) is 30.3 Å². The number of thiazole rings is 1. The Bertz CT molecular complexity index is 558. The summed E-state index contributed by atoms with van der Waals surface area (Å²) in [5.74, 6) is 0.0913. The van der Waals surface area contributed by atoms with Gasteiger partial charge in [-0.3, -0.25) is 4.79 Å². The summed E-state index contributed by atoms with van der Waals surface area (Å²) in [5, 5.41) is 0.422. The zero-order valence-corrected chi connectivity index (χ0v) is 10.0. The third kappa shape index (κ3) is 1.96. The van der Waals surface area contributed by atoms with Crippen LogP contribution in [0.4, 0.5) is 0 Å². The molecular formula is C13H12N2OS. The lowest BCUT2D eigenvalue weighted by molar-refractivity contribution is 0.1000. The summed E-state index contributed by atoms with van der Waals surface area (Å²) < 4.78 is 0. The Kier molecular flexibility index (Phi) is 2.44. The van der Waals surface area contributed by atoms with E-state index in [4.69, 9.17) is 5.73 Å². The topological polar surface area (TPSA) is 56.0 Å². The van der Waals surface area contributed by atoms with E-state index in [-0.39, 0.29) is 0 Å². The lowest BCUT2D eigenvalue weighted by Gasteiger charge is -1.99. The Balaban J connectivity index is 2.11. The van der Waals surface area contributed by atoms with Crippen LogP contribution in [-0.2, 0) is 0 Å². The Morgan fingerprint density at radius 2 is 2.00 bits per heavy atom. The highest BCUT2D eigenvalue weighted by molar-refractivity contribution is 7.17. The molecule has 1 aromatic heterocycles.